The standard InChI is InChI=1S/C27H20FN5O/c28-20-11-13-22(14-12-20)31-27(34)19-10-15-23-24(16-19)33-26(32-23)18-8-6-17(7-9-18)25(29)30-21-4-2-1-3-5-21/h1-16H,(H2,29,30)(H,31,34)(H,32,33). The molecule has 0 aliphatic carbocycles. The number of fused-ring (bicyclic) bond motifs is 1. The Morgan fingerprint density at radius 1 is 0.882 bits per heavy atom. The first-order valence-corrected chi connectivity index (χ1v) is 10.6. The van der Waals surface area contributed by atoms with E-state index in [1.54, 1.807) is 18.2 Å². The van der Waals surface area contributed by atoms with Crippen molar-refractivity contribution in [2.75, 3.05) is 5.32 Å². The van der Waals surface area contributed by atoms with Crippen LogP contribution in [0.15, 0.2) is 102 Å². The minimum Gasteiger partial charge on any atom is -0.383 e. The lowest BCUT2D eigenvalue weighted by molar-refractivity contribution is 0.102. The van der Waals surface area contributed by atoms with Gasteiger partial charge in [0, 0.05) is 22.4 Å². The fourth-order valence-corrected chi connectivity index (χ4v) is 3.53. The van der Waals surface area contributed by atoms with Gasteiger partial charge in [0.1, 0.15) is 17.5 Å². The number of rotatable bonds is 5. The van der Waals surface area contributed by atoms with Crippen LogP contribution in [0, 0.1) is 5.82 Å². The number of anilines is 1. The molecule has 0 saturated heterocycles. The molecule has 1 heterocycles. The van der Waals surface area contributed by atoms with Crippen molar-refractivity contribution in [2.24, 2.45) is 10.7 Å². The average Bonchev–Trinajstić information content (AvgIpc) is 3.30. The van der Waals surface area contributed by atoms with Crippen LogP contribution in [0.25, 0.3) is 22.4 Å². The molecule has 4 N–H and O–H groups in total. The maximum atomic E-state index is 13.1. The molecule has 0 bridgehead atoms. The van der Waals surface area contributed by atoms with Crippen molar-refractivity contribution >= 4 is 34.2 Å². The summed E-state index contributed by atoms with van der Waals surface area (Å²) in [4.78, 5) is 24.9. The molecule has 6 nitrogen and oxygen atoms in total. The molecule has 7 heteroatoms. The third kappa shape index (κ3) is 4.54. The molecule has 34 heavy (non-hydrogen) atoms. The third-order valence-electron chi connectivity index (χ3n) is 5.31. The number of amidine groups is 1. The Balaban J connectivity index is 1.35. The van der Waals surface area contributed by atoms with Crippen molar-refractivity contribution in [1.29, 1.82) is 0 Å². The van der Waals surface area contributed by atoms with Crippen LogP contribution in [0.1, 0.15) is 15.9 Å². The van der Waals surface area contributed by atoms with E-state index >= 15 is 0 Å². The molecule has 5 aromatic rings. The van der Waals surface area contributed by atoms with E-state index in [1.807, 2.05) is 54.6 Å². The number of carbonyl (C=O) groups is 1. The number of aliphatic imine (C=N–C) groups is 1. The van der Waals surface area contributed by atoms with Gasteiger partial charge in [-0.15, -0.1) is 0 Å². The van der Waals surface area contributed by atoms with Gasteiger partial charge in [-0.3, -0.25) is 4.79 Å². The van der Waals surface area contributed by atoms with Crippen molar-refractivity contribution < 1.29 is 9.18 Å². The zero-order chi connectivity index (χ0) is 23.5. The number of amides is 1. The Kier molecular flexibility index (Phi) is 5.58. The van der Waals surface area contributed by atoms with Gasteiger partial charge in [-0.1, -0.05) is 42.5 Å². The molecule has 1 aromatic heterocycles. The van der Waals surface area contributed by atoms with E-state index in [4.69, 9.17) is 5.73 Å². The molecule has 4 aromatic carbocycles. The first-order valence-electron chi connectivity index (χ1n) is 10.6. The number of hydrogen-bond acceptors (Lipinski definition) is 3. The van der Waals surface area contributed by atoms with E-state index in [0.717, 1.165) is 27.8 Å². The largest absolute Gasteiger partial charge is 0.383 e. The van der Waals surface area contributed by atoms with Crippen LogP contribution in [0.5, 0.6) is 0 Å². The Labute approximate surface area is 195 Å². The van der Waals surface area contributed by atoms with E-state index in [2.05, 4.69) is 20.3 Å². The number of aromatic amines is 1. The molecule has 0 aliphatic rings. The van der Waals surface area contributed by atoms with Gasteiger partial charge < -0.3 is 16.0 Å². The van der Waals surface area contributed by atoms with Crippen LogP contribution in [0.3, 0.4) is 0 Å². The van der Waals surface area contributed by atoms with Crippen molar-refractivity contribution in [3.05, 3.63) is 114 Å². The van der Waals surface area contributed by atoms with Crippen LogP contribution in [-0.2, 0) is 0 Å². The lowest BCUT2D eigenvalue weighted by Crippen LogP contribution is -2.12. The quantitative estimate of drug-likeness (QED) is 0.239. The zero-order valence-corrected chi connectivity index (χ0v) is 18.0. The highest BCUT2D eigenvalue weighted by molar-refractivity contribution is 6.06. The van der Waals surface area contributed by atoms with Crippen LogP contribution in [0.4, 0.5) is 15.8 Å². The molecule has 0 unspecified atom stereocenters. The van der Waals surface area contributed by atoms with E-state index in [9.17, 15) is 9.18 Å². The summed E-state index contributed by atoms with van der Waals surface area (Å²) in [6.45, 7) is 0. The summed E-state index contributed by atoms with van der Waals surface area (Å²) in [6, 6.07) is 28.0. The SMILES string of the molecule is NC(=Nc1ccccc1)c1ccc(-c2nc3ccc(C(=O)Nc4ccc(F)cc4)cc3[nH]2)cc1. The van der Waals surface area contributed by atoms with Crippen LogP contribution >= 0.6 is 0 Å². The van der Waals surface area contributed by atoms with Gasteiger partial charge in [0.15, 0.2) is 0 Å². The van der Waals surface area contributed by atoms with E-state index in [1.165, 1.54) is 24.3 Å². The van der Waals surface area contributed by atoms with Crippen molar-refractivity contribution in [1.82, 2.24) is 9.97 Å². The number of para-hydroxylation sites is 1. The molecule has 0 radical (unpaired) electrons. The summed E-state index contributed by atoms with van der Waals surface area (Å²) in [5.41, 5.74) is 11.1. The summed E-state index contributed by atoms with van der Waals surface area (Å²) in [7, 11) is 0. The zero-order valence-electron chi connectivity index (χ0n) is 18.0. The highest BCUT2D eigenvalue weighted by Gasteiger charge is 2.11. The third-order valence-corrected chi connectivity index (χ3v) is 5.31. The van der Waals surface area contributed by atoms with E-state index in [-0.39, 0.29) is 11.7 Å². The number of imidazole rings is 1. The molecule has 0 atom stereocenters. The van der Waals surface area contributed by atoms with Crippen LogP contribution < -0.4 is 11.1 Å². The molecular weight excluding hydrogens is 429 g/mol. The number of nitrogens with two attached hydrogens (primary N) is 1. The van der Waals surface area contributed by atoms with Gasteiger partial charge in [-0.05, 0) is 54.6 Å². The van der Waals surface area contributed by atoms with Gasteiger partial charge in [-0.25, -0.2) is 14.4 Å². The number of aromatic nitrogens is 2. The predicted molar refractivity (Wildman–Crippen MR) is 133 cm³/mol. The summed E-state index contributed by atoms with van der Waals surface area (Å²) in [6.07, 6.45) is 0. The second kappa shape index (κ2) is 8.99. The van der Waals surface area contributed by atoms with Crippen molar-refractivity contribution in [3.8, 4) is 11.4 Å². The normalized spacial score (nSPS) is 11.5. The number of benzene rings is 4. The Bertz CT molecular complexity index is 1490. The van der Waals surface area contributed by atoms with Gasteiger partial charge in [0.2, 0.25) is 0 Å². The maximum Gasteiger partial charge on any atom is 0.255 e. The molecule has 5 rings (SSSR count). The average molecular weight is 449 g/mol. The second-order valence-electron chi connectivity index (χ2n) is 7.69. The lowest BCUT2D eigenvalue weighted by atomic mass is 10.1. The van der Waals surface area contributed by atoms with E-state index < -0.39 is 0 Å². The molecule has 0 spiro atoms. The van der Waals surface area contributed by atoms with Gasteiger partial charge in [0.05, 0.1) is 16.7 Å². The smallest absolute Gasteiger partial charge is 0.255 e. The summed E-state index contributed by atoms with van der Waals surface area (Å²) < 4.78 is 13.1. The van der Waals surface area contributed by atoms with Crippen molar-refractivity contribution in [3.63, 3.8) is 0 Å². The number of carbonyl (C=O) groups excluding carboxylic acids is 1. The van der Waals surface area contributed by atoms with Gasteiger partial charge in [-0.2, -0.15) is 0 Å². The predicted octanol–water partition coefficient (Wildman–Crippen LogP) is 5.66. The lowest BCUT2D eigenvalue weighted by Gasteiger charge is -2.05. The number of hydrogen-bond donors (Lipinski definition) is 3. The number of H-pyrrole nitrogens is 1. The first kappa shape index (κ1) is 21.1. The van der Waals surface area contributed by atoms with E-state index in [0.29, 0.717) is 22.9 Å². The monoisotopic (exact) mass is 449 g/mol. The number of halogens is 1. The Morgan fingerprint density at radius 3 is 2.32 bits per heavy atom. The fraction of sp³-hybridized carbons (Fsp3) is 0. The van der Waals surface area contributed by atoms with Crippen LogP contribution in [-0.4, -0.2) is 21.7 Å². The summed E-state index contributed by atoms with van der Waals surface area (Å²) >= 11 is 0. The minimum absolute atomic E-state index is 0.290. The minimum atomic E-state index is -0.358. The summed E-state index contributed by atoms with van der Waals surface area (Å²) in [5.74, 6) is 0.459. The van der Waals surface area contributed by atoms with Crippen LogP contribution in [0.2, 0.25) is 0 Å². The second-order valence-corrected chi connectivity index (χ2v) is 7.69. The maximum absolute atomic E-state index is 13.1. The van der Waals surface area contributed by atoms with Gasteiger partial charge in [0.25, 0.3) is 5.91 Å². The highest BCUT2D eigenvalue weighted by Crippen LogP contribution is 2.23. The Hall–Kier alpha value is -4.78. The molecule has 0 fully saturated rings. The number of nitrogens with zero attached hydrogens (tertiary/aromatic N) is 2. The molecule has 0 aliphatic heterocycles. The fourth-order valence-electron chi connectivity index (χ4n) is 3.53. The van der Waals surface area contributed by atoms with Crippen molar-refractivity contribution in [2.45, 2.75) is 0 Å². The molecule has 166 valence electrons. The summed E-state index contributed by atoms with van der Waals surface area (Å²) in [5, 5.41) is 2.76. The Morgan fingerprint density at radius 2 is 1.59 bits per heavy atom. The number of nitrogens with one attached hydrogen (secondary N) is 2. The molecular formula is C27H20FN5O. The topological polar surface area (TPSA) is 96.2 Å². The molecule has 0 saturated carbocycles. The van der Waals surface area contributed by atoms with Gasteiger partial charge >= 0.3 is 0 Å². The first-order chi connectivity index (χ1) is 16.5. The molecule has 1 amide bonds. The highest BCUT2D eigenvalue weighted by atomic mass is 19.1.